The first-order valence-electron chi connectivity index (χ1n) is 9.71. The van der Waals surface area contributed by atoms with E-state index in [0.29, 0.717) is 11.8 Å². The monoisotopic (exact) mass is 365 g/mol. The molecule has 2 aromatic rings. The molecule has 0 spiro atoms. The second kappa shape index (κ2) is 7.35. The Labute approximate surface area is 160 Å². The van der Waals surface area contributed by atoms with Crippen LogP contribution in [0, 0.1) is 11.8 Å². The third kappa shape index (κ3) is 3.34. The predicted octanol–water partition coefficient (Wildman–Crippen LogP) is 4.35. The highest BCUT2D eigenvalue weighted by Gasteiger charge is 2.44. The van der Waals surface area contributed by atoms with Crippen LogP contribution in [0.5, 0.6) is 5.75 Å². The molecule has 2 aromatic carbocycles. The highest BCUT2D eigenvalue weighted by atomic mass is 16.5. The van der Waals surface area contributed by atoms with Crippen LogP contribution in [0.1, 0.15) is 31.4 Å². The van der Waals surface area contributed by atoms with E-state index in [0.717, 1.165) is 41.6 Å². The molecule has 0 N–H and O–H groups in total. The zero-order valence-electron chi connectivity index (χ0n) is 16.1. The second-order valence-electron chi connectivity index (χ2n) is 7.71. The van der Waals surface area contributed by atoms with Gasteiger partial charge < -0.3 is 9.47 Å². The molecule has 5 rings (SSSR count). The standard InChI is InChI=1S/C23H27NO3/c1-4-16-14-24-11-10-18(16)12-22(24)23(27-15(2)25)20-7-5-6-17-8-9-19(26-3)13-21(17)20/h4-9,13,16,18,22-23H,1,10-12,14H2,2-3H3/t16?,18?,22?,23-/m1/s1. The van der Waals surface area contributed by atoms with Crippen LogP contribution < -0.4 is 4.74 Å². The molecule has 3 aliphatic rings. The van der Waals surface area contributed by atoms with Crippen LogP contribution in [0.3, 0.4) is 0 Å². The van der Waals surface area contributed by atoms with Gasteiger partial charge in [0.25, 0.3) is 0 Å². The Morgan fingerprint density at radius 2 is 2.19 bits per heavy atom. The zero-order valence-corrected chi connectivity index (χ0v) is 16.1. The lowest BCUT2D eigenvalue weighted by atomic mass is 9.73. The first-order chi connectivity index (χ1) is 13.1. The molecule has 3 heterocycles. The van der Waals surface area contributed by atoms with Crippen molar-refractivity contribution in [1.29, 1.82) is 0 Å². The molecule has 0 aromatic heterocycles. The fraction of sp³-hybridized carbons (Fsp3) is 0.435. The summed E-state index contributed by atoms with van der Waals surface area (Å²) in [6, 6.07) is 12.5. The molecule has 3 fully saturated rings. The molecule has 0 aliphatic carbocycles. The van der Waals surface area contributed by atoms with E-state index in [9.17, 15) is 4.79 Å². The Balaban J connectivity index is 1.76. The smallest absolute Gasteiger partial charge is 0.303 e. The van der Waals surface area contributed by atoms with E-state index in [1.54, 1.807) is 7.11 Å². The van der Waals surface area contributed by atoms with Crippen molar-refractivity contribution in [1.82, 2.24) is 4.90 Å². The van der Waals surface area contributed by atoms with Crippen LogP contribution in [0.15, 0.2) is 49.1 Å². The fourth-order valence-corrected chi connectivity index (χ4v) is 4.87. The Bertz CT molecular complexity index is 862. The van der Waals surface area contributed by atoms with Gasteiger partial charge in [-0.3, -0.25) is 9.69 Å². The van der Waals surface area contributed by atoms with Crippen LogP contribution in [0.4, 0.5) is 0 Å². The molecule has 3 aliphatic heterocycles. The van der Waals surface area contributed by atoms with Crippen LogP contribution in [0.2, 0.25) is 0 Å². The molecule has 0 radical (unpaired) electrons. The highest BCUT2D eigenvalue weighted by Crippen LogP contribution is 2.43. The minimum absolute atomic E-state index is 0.209. The summed E-state index contributed by atoms with van der Waals surface area (Å²) in [5.41, 5.74) is 1.06. The van der Waals surface area contributed by atoms with Crippen molar-refractivity contribution < 1.29 is 14.3 Å². The normalized spacial score (nSPS) is 27.9. The minimum atomic E-state index is -0.271. The van der Waals surface area contributed by atoms with Crippen molar-refractivity contribution in [3.63, 3.8) is 0 Å². The number of ether oxygens (including phenoxy) is 2. The number of benzene rings is 2. The average Bonchev–Trinajstić information content (AvgIpc) is 2.71. The highest BCUT2D eigenvalue weighted by molar-refractivity contribution is 5.87. The third-order valence-corrected chi connectivity index (χ3v) is 6.23. The molecule has 3 saturated heterocycles. The van der Waals surface area contributed by atoms with E-state index in [2.05, 4.69) is 35.8 Å². The van der Waals surface area contributed by atoms with E-state index in [4.69, 9.17) is 9.47 Å². The van der Waals surface area contributed by atoms with E-state index >= 15 is 0 Å². The Morgan fingerprint density at radius 3 is 2.85 bits per heavy atom. The quantitative estimate of drug-likeness (QED) is 0.583. The maximum absolute atomic E-state index is 12.0. The molecular weight excluding hydrogens is 338 g/mol. The van der Waals surface area contributed by atoms with Gasteiger partial charge in [-0.1, -0.05) is 30.3 Å². The number of fused-ring (bicyclic) bond motifs is 4. The van der Waals surface area contributed by atoms with Crippen molar-refractivity contribution in [3.8, 4) is 5.75 Å². The Hall–Kier alpha value is -2.33. The van der Waals surface area contributed by atoms with Gasteiger partial charge in [0, 0.05) is 19.0 Å². The van der Waals surface area contributed by atoms with Crippen molar-refractivity contribution >= 4 is 16.7 Å². The van der Waals surface area contributed by atoms with Crippen molar-refractivity contribution in [2.24, 2.45) is 11.8 Å². The van der Waals surface area contributed by atoms with Crippen molar-refractivity contribution in [2.75, 3.05) is 20.2 Å². The number of piperidine rings is 3. The van der Waals surface area contributed by atoms with Crippen molar-refractivity contribution in [3.05, 3.63) is 54.6 Å². The Morgan fingerprint density at radius 1 is 1.33 bits per heavy atom. The summed E-state index contributed by atoms with van der Waals surface area (Å²) in [5, 5.41) is 2.22. The number of hydrogen-bond acceptors (Lipinski definition) is 4. The number of hydrogen-bond donors (Lipinski definition) is 0. The van der Waals surface area contributed by atoms with Gasteiger partial charge >= 0.3 is 5.97 Å². The van der Waals surface area contributed by atoms with E-state index in [1.165, 1.54) is 13.3 Å². The van der Waals surface area contributed by atoms with Gasteiger partial charge in [-0.15, -0.1) is 6.58 Å². The van der Waals surface area contributed by atoms with Gasteiger partial charge in [0.2, 0.25) is 0 Å². The molecular formula is C23H27NO3. The summed E-state index contributed by atoms with van der Waals surface area (Å²) in [6.07, 6.45) is 4.06. The molecule has 0 amide bonds. The molecule has 4 heteroatoms. The lowest BCUT2D eigenvalue weighted by molar-refractivity contribution is -0.154. The minimum Gasteiger partial charge on any atom is -0.497 e. The summed E-state index contributed by atoms with van der Waals surface area (Å²) >= 11 is 0. The largest absolute Gasteiger partial charge is 0.497 e. The molecule has 0 saturated carbocycles. The SMILES string of the molecule is C=CC1CN2CCC1CC2[C@H](OC(C)=O)c1cccc2ccc(OC)cc12. The molecule has 5 atom stereocenters. The lowest BCUT2D eigenvalue weighted by Crippen LogP contribution is -2.55. The number of esters is 1. The summed E-state index contributed by atoms with van der Waals surface area (Å²) in [7, 11) is 1.68. The molecule has 4 nitrogen and oxygen atoms in total. The number of carbonyl (C=O) groups excluding carboxylic acids is 1. The summed E-state index contributed by atoms with van der Waals surface area (Å²) in [6.45, 7) is 7.58. The summed E-state index contributed by atoms with van der Waals surface area (Å²) in [5.74, 6) is 1.75. The first kappa shape index (κ1) is 18.1. The maximum atomic E-state index is 12.0. The number of methoxy groups -OCH3 is 1. The van der Waals surface area contributed by atoms with E-state index < -0.39 is 0 Å². The van der Waals surface area contributed by atoms with Crippen LogP contribution in [-0.2, 0) is 9.53 Å². The number of rotatable bonds is 5. The maximum Gasteiger partial charge on any atom is 0.303 e. The molecule has 4 unspecified atom stereocenters. The van der Waals surface area contributed by atoms with Gasteiger partial charge in [0.1, 0.15) is 11.9 Å². The van der Waals surface area contributed by atoms with Gasteiger partial charge in [-0.05, 0) is 54.1 Å². The first-order valence-corrected chi connectivity index (χ1v) is 9.71. The van der Waals surface area contributed by atoms with Crippen molar-refractivity contribution in [2.45, 2.75) is 31.9 Å². The van der Waals surface area contributed by atoms with Gasteiger partial charge in [-0.2, -0.15) is 0 Å². The van der Waals surface area contributed by atoms with Gasteiger partial charge in [-0.25, -0.2) is 0 Å². The van der Waals surface area contributed by atoms with Crippen LogP contribution in [0.25, 0.3) is 10.8 Å². The summed E-state index contributed by atoms with van der Waals surface area (Å²) in [4.78, 5) is 14.5. The molecule has 142 valence electrons. The predicted molar refractivity (Wildman–Crippen MR) is 107 cm³/mol. The topological polar surface area (TPSA) is 38.8 Å². The Kier molecular flexibility index (Phi) is 4.92. The van der Waals surface area contributed by atoms with Gasteiger partial charge in [0.05, 0.1) is 13.2 Å². The second-order valence-corrected chi connectivity index (χ2v) is 7.71. The third-order valence-electron chi connectivity index (χ3n) is 6.23. The lowest BCUT2D eigenvalue weighted by Gasteiger charge is -2.51. The molecule has 2 bridgehead atoms. The van der Waals surface area contributed by atoms with Crippen LogP contribution >= 0.6 is 0 Å². The van der Waals surface area contributed by atoms with E-state index in [1.807, 2.05) is 18.2 Å². The molecule has 27 heavy (non-hydrogen) atoms. The fourth-order valence-electron chi connectivity index (χ4n) is 4.87. The van der Waals surface area contributed by atoms with E-state index in [-0.39, 0.29) is 18.1 Å². The number of carbonyl (C=O) groups is 1. The average molecular weight is 365 g/mol. The van der Waals surface area contributed by atoms with Crippen LogP contribution in [-0.4, -0.2) is 37.1 Å². The number of nitrogens with zero attached hydrogens (tertiary/aromatic N) is 1. The van der Waals surface area contributed by atoms with Gasteiger partial charge in [0.15, 0.2) is 0 Å². The summed E-state index contributed by atoms with van der Waals surface area (Å²) < 4.78 is 11.4. The zero-order chi connectivity index (χ0) is 19.0.